The highest BCUT2D eigenvalue weighted by Crippen LogP contribution is 2.22. The minimum absolute atomic E-state index is 0.0497. The molecular weight excluding hydrogens is 366 g/mol. The number of benzene rings is 2. The summed E-state index contributed by atoms with van der Waals surface area (Å²) in [6, 6.07) is 11.5. The molecule has 1 amide bonds. The number of carbonyl (C=O) groups excluding carboxylic acids is 1. The lowest BCUT2D eigenvalue weighted by molar-refractivity contribution is 0.102. The second-order valence-electron chi connectivity index (χ2n) is 6.30. The molecule has 27 heavy (non-hydrogen) atoms. The van der Waals surface area contributed by atoms with E-state index in [9.17, 15) is 18.0 Å². The first-order valence-electron chi connectivity index (χ1n) is 8.17. The minimum atomic E-state index is -3.65. The number of nitrogens with zero attached hydrogens (tertiary/aromatic N) is 1. The molecular formula is C19H19N3O4S. The lowest BCUT2D eigenvalue weighted by atomic mass is 10.1. The molecule has 3 rings (SSSR count). The van der Waals surface area contributed by atoms with Crippen LogP contribution in [0.3, 0.4) is 0 Å². The van der Waals surface area contributed by atoms with Gasteiger partial charge in [0.05, 0.1) is 4.90 Å². The number of hydrogen-bond donors (Lipinski definition) is 2. The van der Waals surface area contributed by atoms with Crippen molar-refractivity contribution in [1.82, 2.24) is 9.29 Å². The third kappa shape index (κ3) is 3.49. The number of aromatic nitrogens is 1. The lowest BCUT2D eigenvalue weighted by Gasteiger charge is -2.15. The van der Waals surface area contributed by atoms with Crippen molar-refractivity contribution in [3.63, 3.8) is 0 Å². The van der Waals surface area contributed by atoms with Gasteiger partial charge >= 0.3 is 0 Å². The van der Waals surface area contributed by atoms with Gasteiger partial charge in [0.15, 0.2) is 0 Å². The number of aryl methyl sites for hydroxylation is 1. The molecule has 0 spiro atoms. The van der Waals surface area contributed by atoms with E-state index in [1.54, 1.807) is 43.3 Å². The molecule has 0 aliphatic heterocycles. The van der Waals surface area contributed by atoms with E-state index in [0.717, 1.165) is 4.31 Å². The molecule has 2 aromatic carbocycles. The maximum Gasteiger partial charge on any atom is 0.261 e. The van der Waals surface area contributed by atoms with Crippen molar-refractivity contribution >= 4 is 32.5 Å². The molecule has 8 heteroatoms. The zero-order chi connectivity index (χ0) is 19.8. The smallest absolute Gasteiger partial charge is 0.261 e. The molecule has 1 aromatic heterocycles. The molecule has 0 aliphatic carbocycles. The van der Waals surface area contributed by atoms with Crippen molar-refractivity contribution in [2.24, 2.45) is 0 Å². The second-order valence-corrected chi connectivity index (χ2v) is 8.42. The molecule has 1 heterocycles. The molecule has 0 radical (unpaired) electrons. The van der Waals surface area contributed by atoms with Gasteiger partial charge in [-0.1, -0.05) is 18.2 Å². The Hall–Kier alpha value is -2.97. The van der Waals surface area contributed by atoms with E-state index < -0.39 is 21.4 Å². The zero-order valence-electron chi connectivity index (χ0n) is 15.1. The van der Waals surface area contributed by atoms with Crippen LogP contribution in [0, 0.1) is 6.92 Å². The van der Waals surface area contributed by atoms with Crippen LogP contribution in [0.15, 0.2) is 58.4 Å². The molecule has 0 aliphatic rings. The number of H-pyrrole nitrogens is 1. The van der Waals surface area contributed by atoms with Crippen molar-refractivity contribution in [3.8, 4) is 0 Å². The van der Waals surface area contributed by atoms with E-state index in [1.165, 1.54) is 26.4 Å². The summed E-state index contributed by atoms with van der Waals surface area (Å²) in [5.41, 5.74) is 1.04. The van der Waals surface area contributed by atoms with Crippen molar-refractivity contribution in [1.29, 1.82) is 0 Å². The van der Waals surface area contributed by atoms with Crippen LogP contribution in [0.2, 0.25) is 0 Å². The number of hydrogen-bond acceptors (Lipinski definition) is 4. The van der Waals surface area contributed by atoms with E-state index in [1.807, 2.05) is 0 Å². The highest BCUT2D eigenvalue weighted by molar-refractivity contribution is 7.89. The fourth-order valence-electron chi connectivity index (χ4n) is 2.69. The number of aromatic amines is 1. The van der Waals surface area contributed by atoms with E-state index in [-0.39, 0.29) is 10.5 Å². The van der Waals surface area contributed by atoms with E-state index >= 15 is 0 Å². The molecule has 3 aromatic rings. The van der Waals surface area contributed by atoms with Gasteiger partial charge in [0.2, 0.25) is 15.5 Å². The molecule has 7 nitrogen and oxygen atoms in total. The summed E-state index contributed by atoms with van der Waals surface area (Å²) in [7, 11) is -0.775. The van der Waals surface area contributed by atoms with Crippen LogP contribution in [0.1, 0.15) is 15.9 Å². The van der Waals surface area contributed by atoms with Gasteiger partial charge in [-0.3, -0.25) is 9.59 Å². The van der Waals surface area contributed by atoms with Crippen molar-refractivity contribution < 1.29 is 13.2 Å². The second kappa shape index (κ2) is 6.98. The number of pyridine rings is 1. The summed E-state index contributed by atoms with van der Waals surface area (Å²) in [4.78, 5) is 28.1. The Balaban J connectivity index is 1.98. The SMILES string of the molecule is Cc1ccc(NC(=O)c2c[nH]c3ccccc3c2=O)cc1S(=O)(=O)N(C)C. The molecule has 140 valence electrons. The topological polar surface area (TPSA) is 99.3 Å². The number of carbonyl (C=O) groups is 1. The summed E-state index contributed by atoms with van der Waals surface area (Å²) in [5, 5.41) is 3.01. The molecule has 2 N–H and O–H groups in total. The molecule has 0 fully saturated rings. The first-order chi connectivity index (χ1) is 12.7. The Kier molecular flexibility index (Phi) is 4.86. The van der Waals surface area contributed by atoms with E-state index in [0.29, 0.717) is 22.2 Å². The van der Waals surface area contributed by atoms with Crippen LogP contribution in [-0.2, 0) is 10.0 Å². The Labute approximate surface area is 156 Å². The average Bonchev–Trinajstić information content (AvgIpc) is 2.63. The van der Waals surface area contributed by atoms with Gasteiger partial charge in [-0.2, -0.15) is 0 Å². The van der Waals surface area contributed by atoms with Crippen LogP contribution in [0.4, 0.5) is 5.69 Å². The monoisotopic (exact) mass is 385 g/mol. The Morgan fingerprint density at radius 3 is 2.52 bits per heavy atom. The minimum Gasteiger partial charge on any atom is -0.360 e. The maximum atomic E-state index is 12.6. The Morgan fingerprint density at radius 1 is 1.11 bits per heavy atom. The van der Waals surface area contributed by atoms with E-state index in [2.05, 4.69) is 10.3 Å². The summed E-state index contributed by atoms with van der Waals surface area (Å²) in [6.45, 7) is 1.68. The third-order valence-electron chi connectivity index (χ3n) is 4.24. The summed E-state index contributed by atoms with van der Waals surface area (Å²) in [6.07, 6.45) is 1.35. The normalized spacial score (nSPS) is 11.7. The quantitative estimate of drug-likeness (QED) is 0.720. The predicted molar refractivity (Wildman–Crippen MR) is 105 cm³/mol. The standard InChI is InChI=1S/C19H19N3O4S/c1-12-8-9-13(10-17(12)27(25,26)22(2)3)21-19(24)15-11-20-16-7-5-4-6-14(16)18(15)23/h4-11H,1-3H3,(H,20,23)(H,21,24). The number of sulfonamides is 1. The van der Waals surface area contributed by atoms with Crippen LogP contribution in [-0.4, -0.2) is 37.7 Å². The van der Waals surface area contributed by atoms with Crippen LogP contribution < -0.4 is 10.7 Å². The molecule has 0 unspecified atom stereocenters. The van der Waals surface area contributed by atoms with Gasteiger partial charge in [-0.25, -0.2) is 12.7 Å². The molecule has 0 bridgehead atoms. The van der Waals surface area contributed by atoms with Crippen molar-refractivity contribution in [3.05, 3.63) is 70.0 Å². The summed E-state index contributed by atoms with van der Waals surface area (Å²) < 4.78 is 25.9. The first-order valence-corrected chi connectivity index (χ1v) is 9.61. The van der Waals surface area contributed by atoms with Crippen LogP contribution >= 0.6 is 0 Å². The van der Waals surface area contributed by atoms with Gasteiger partial charge in [-0.05, 0) is 36.8 Å². The average molecular weight is 385 g/mol. The fraction of sp³-hybridized carbons (Fsp3) is 0.158. The van der Waals surface area contributed by atoms with Gasteiger partial charge in [-0.15, -0.1) is 0 Å². The number of nitrogens with one attached hydrogen (secondary N) is 2. The summed E-state index contributed by atoms with van der Waals surface area (Å²) in [5.74, 6) is -0.612. The van der Waals surface area contributed by atoms with Crippen molar-refractivity contribution in [2.45, 2.75) is 11.8 Å². The highest BCUT2D eigenvalue weighted by atomic mass is 32.2. The maximum absolute atomic E-state index is 12.6. The first kappa shape index (κ1) is 18.8. The highest BCUT2D eigenvalue weighted by Gasteiger charge is 2.21. The molecule has 0 atom stereocenters. The van der Waals surface area contributed by atoms with Gasteiger partial charge in [0, 0.05) is 36.9 Å². The Morgan fingerprint density at radius 2 is 1.81 bits per heavy atom. The van der Waals surface area contributed by atoms with Gasteiger partial charge in [0.1, 0.15) is 5.56 Å². The van der Waals surface area contributed by atoms with Gasteiger partial charge < -0.3 is 10.3 Å². The van der Waals surface area contributed by atoms with Crippen molar-refractivity contribution in [2.75, 3.05) is 19.4 Å². The number of rotatable bonds is 4. The zero-order valence-corrected chi connectivity index (χ0v) is 15.9. The largest absolute Gasteiger partial charge is 0.360 e. The lowest BCUT2D eigenvalue weighted by Crippen LogP contribution is -2.24. The van der Waals surface area contributed by atoms with Crippen LogP contribution in [0.5, 0.6) is 0 Å². The van der Waals surface area contributed by atoms with Crippen LogP contribution in [0.25, 0.3) is 10.9 Å². The molecule has 0 saturated carbocycles. The predicted octanol–water partition coefficient (Wildman–Crippen LogP) is 2.34. The molecule has 0 saturated heterocycles. The number of anilines is 1. The number of amides is 1. The Bertz CT molecular complexity index is 1200. The summed E-state index contributed by atoms with van der Waals surface area (Å²) >= 11 is 0. The number of fused-ring (bicyclic) bond motifs is 1. The van der Waals surface area contributed by atoms with Gasteiger partial charge in [0.25, 0.3) is 5.91 Å². The fourth-order valence-corrected chi connectivity index (χ4v) is 3.83. The van der Waals surface area contributed by atoms with E-state index in [4.69, 9.17) is 0 Å². The third-order valence-corrected chi connectivity index (χ3v) is 6.19. The number of para-hydroxylation sites is 1.